The van der Waals surface area contributed by atoms with Crippen molar-refractivity contribution in [2.45, 2.75) is 50.7 Å². The molecule has 0 bridgehead atoms. The van der Waals surface area contributed by atoms with E-state index in [1.807, 2.05) is 4.90 Å². The first kappa shape index (κ1) is 23.3. The fourth-order valence-electron chi connectivity index (χ4n) is 5.09. The van der Waals surface area contributed by atoms with Gasteiger partial charge in [-0.05, 0) is 55.9 Å². The Morgan fingerprint density at radius 1 is 1.06 bits per heavy atom. The van der Waals surface area contributed by atoms with Gasteiger partial charge >= 0.3 is 0 Å². The minimum atomic E-state index is -0.110. The highest BCUT2D eigenvalue weighted by atomic mass is 35.5. The van der Waals surface area contributed by atoms with Gasteiger partial charge in [-0.15, -0.1) is 0 Å². The van der Waals surface area contributed by atoms with Crippen molar-refractivity contribution in [2.75, 3.05) is 45.9 Å². The van der Waals surface area contributed by atoms with Crippen LogP contribution in [0, 0.1) is 5.92 Å². The van der Waals surface area contributed by atoms with Crippen molar-refractivity contribution in [1.82, 2.24) is 15.1 Å². The summed E-state index contributed by atoms with van der Waals surface area (Å²) in [5, 5.41) is 3.80. The molecule has 0 aromatic heterocycles. The summed E-state index contributed by atoms with van der Waals surface area (Å²) in [6.07, 6.45) is 6.84. The van der Waals surface area contributed by atoms with E-state index in [0.717, 1.165) is 32.3 Å². The first-order valence-electron chi connectivity index (χ1n) is 11.9. The summed E-state index contributed by atoms with van der Waals surface area (Å²) >= 11 is 5.89. The maximum atomic E-state index is 13.2. The monoisotopic (exact) mass is 463 g/mol. The Kier molecular flexibility index (Phi) is 8.27. The van der Waals surface area contributed by atoms with Gasteiger partial charge < -0.3 is 19.7 Å². The minimum Gasteiger partial charge on any atom is -0.484 e. The van der Waals surface area contributed by atoms with Crippen molar-refractivity contribution >= 4 is 23.4 Å². The number of piperazine rings is 1. The van der Waals surface area contributed by atoms with Crippen LogP contribution in [0.5, 0.6) is 5.75 Å². The Morgan fingerprint density at radius 2 is 1.78 bits per heavy atom. The second-order valence-electron chi connectivity index (χ2n) is 9.03. The van der Waals surface area contributed by atoms with E-state index in [2.05, 4.69) is 10.2 Å². The number of ether oxygens (including phenoxy) is 2. The largest absolute Gasteiger partial charge is 0.484 e. The van der Waals surface area contributed by atoms with Crippen molar-refractivity contribution in [3.8, 4) is 5.75 Å². The molecule has 176 valence electrons. The van der Waals surface area contributed by atoms with Crippen molar-refractivity contribution in [1.29, 1.82) is 0 Å². The summed E-state index contributed by atoms with van der Waals surface area (Å²) in [7, 11) is 0. The molecule has 2 atom stereocenters. The van der Waals surface area contributed by atoms with Crippen LogP contribution in [-0.2, 0) is 14.3 Å². The molecule has 3 fully saturated rings. The van der Waals surface area contributed by atoms with Crippen LogP contribution in [0.1, 0.15) is 38.5 Å². The van der Waals surface area contributed by atoms with Gasteiger partial charge in [-0.25, -0.2) is 0 Å². The van der Waals surface area contributed by atoms with Gasteiger partial charge in [0.2, 0.25) is 5.91 Å². The molecule has 1 saturated carbocycles. The smallest absolute Gasteiger partial charge is 0.260 e. The van der Waals surface area contributed by atoms with E-state index in [-0.39, 0.29) is 30.6 Å². The van der Waals surface area contributed by atoms with Crippen LogP contribution in [-0.4, -0.2) is 79.7 Å². The van der Waals surface area contributed by atoms with Crippen molar-refractivity contribution in [2.24, 2.45) is 5.92 Å². The molecule has 0 unspecified atom stereocenters. The molecule has 1 aromatic carbocycles. The highest BCUT2D eigenvalue weighted by Gasteiger charge is 2.37. The van der Waals surface area contributed by atoms with Gasteiger partial charge in [0.1, 0.15) is 5.75 Å². The molecule has 1 aromatic rings. The molecule has 3 aliphatic rings. The first-order valence-corrected chi connectivity index (χ1v) is 12.3. The van der Waals surface area contributed by atoms with Crippen LogP contribution < -0.4 is 10.1 Å². The van der Waals surface area contributed by atoms with E-state index in [0.29, 0.717) is 49.4 Å². The zero-order valence-corrected chi connectivity index (χ0v) is 19.4. The summed E-state index contributed by atoms with van der Waals surface area (Å²) in [5.41, 5.74) is 0. The molecule has 0 radical (unpaired) electrons. The van der Waals surface area contributed by atoms with Gasteiger partial charge in [-0.2, -0.15) is 0 Å². The van der Waals surface area contributed by atoms with Gasteiger partial charge in [0, 0.05) is 44.4 Å². The summed E-state index contributed by atoms with van der Waals surface area (Å²) in [6.45, 7) is 4.06. The van der Waals surface area contributed by atoms with E-state index in [1.54, 1.807) is 24.3 Å². The first-order chi connectivity index (χ1) is 15.6. The summed E-state index contributed by atoms with van der Waals surface area (Å²) < 4.78 is 11.3. The zero-order valence-electron chi connectivity index (χ0n) is 18.6. The lowest BCUT2D eigenvalue weighted by Crippen LogP contribution is -2.58. The Bertz CT molecular complexity index is 755. The quantitative estimate of drug-likeness (QED) is 0.641. The van der Waals surface area contributed by atoms with Crippen LogP contribution >= 0.6 is 11.6 Å². The molecule has 7 nitrogen and oxygen atoms in total. The van der Waals surface area contributed by atoms with Crippen LogP contribution in [0.25, 0.3) is 0 Å². The molecule has 2 aliphatic heterocycles. The SMILES string of the molecule is O=C(NC[C@@H]1CCCO1)[C@@H](C1CCCC1)N1CCN(C(=O)COc2ccc(Cl)cc2)CC1. The van der Waals surface area contributed by atoms with E-state index in [9.17, 15) is 9.59 Å². The Labute approximate surface area is 195 Å². The number of carbonyl (C=O) groups is 2. The molecule has 8 heteroatoms. The van der Waals surface area contributed by atoms with E-state index in [4.69, 9.17) is 21.1 Å². The third-order valence-electron chi connectivity index (χ3n) is 6.88. The number of benzene rings is 1. The Hall–Kier alpha value is -1.83. The van der Waals surface area contributed by atoms with E-state index < -0.39 is 0 Å². The average molecular weight is 464 g/mol. The van der Waals surface area contributed by atoms with Crippen molar-refractivity contribution in [3.63, 3.8) is 0 Å². The van der Waals surface area contributed by atoms with Crippen LogP contribution in [0.4, 0.5) is 0 Å². The average Bonchev–Trinajstić information content (AvgIpc) is 3.52. The van der Waals surface area contributed by atoms with Gasteiger partial charge in [0.25, 0.3) is 5.91 Å². The van der Waals surface area contributed by atoms with Gasteiger partial charge in [0.05, 0.1) is 12.1 Å². The highest BCUT2D eigenvalue weighted by Crippen LogP contribution is 2.31. The van der Waals surface area contributed by atoms with Crippen LogP contribution in [0.15, 0.2) is 24.3 Å². The molecule has 32 heavy (non-hydrogen) atoms. The number of amides is 2. The topological polar surface area (TPSA) is 71.1 Å². The standard InChI is InChI=1S/C24H34ClN3O4/c25-19-7-9-20(10-8-19)32-17-22(29)27-11-13-28(14-12-27)23(18-4-1-2-5-18)24(30)26-16-21-6-3-15-31-21/h7-10,18,21,23H,1-6,11-17H2,(H,26,30)/t21-,23+/m0/s1. The number of carbonyl (C=O) groups excluding carboxylic acids is 2. The minimum absolute atomic E-state index is 0.00948. The van der Waals surface area contributed by atoms with E-state index in [1.165, 1.54) is 12.8 Å². The number of hydrogen-bond acceptors (Lipinski definition) is 5. The third kappa shape index (κ3) is 6.15. The summed E-state index contributed by atoms with van der Waals surface area (Å²) in [6, 6.07) is 6.89. The van der Waals surface area contributed by atoms with E-state index >= 15 is 0 Å². The Balaban J connectivity index is 1.27. The zero-order chi connectivity index (χ0) is 22.3. The molecule has 2 heterocycles. The van der Waals surface area contributed by atoms with Crippen LogP contribution in [0.3, 0.4) is 0 Å². The molecule has 0 spiro atoms. The maximum absolute atomic E-state index is 13.2. The second-order valence-corrected chi connectivity index (χ2v) is 9.47. The number of nitrogens with zero attached hydrogens (tertiary/aromatic N) is 2. The lowest BCUT2D eigenvalue weighted by molar-refractivity contribution is -0.137. The molecular weight excluding hydrogens is 430 g/mol. The van der Waals surface area contributed by atoms with Gasteiger partial charge in [0.15, 0.2) is 6.61 Å². The fraction of sp³-hybridized carbons (Fsp3) is 0.667. The Morgan fingerprint density at radius 3 is 2.44 bits per heavy atom. The normalized spacial score (nSPS) is 23.3. The number of hydrogen-bond donors (Lipinski definition) is 1. The molecular formula is C24H34ClN3O4. The molecule has 1 N–H and O–H groups in total. The van der Waals surface area contributed by atoms with Crippen molar-refractivity contribution in [3.05, 3.63) is 29.3 Å². The predicted molar refractivity (Wildman–Crippen MR) is 123 cm³/mol. The number of rotatable bonds is 8. The molecule has 1 aliphatic carbocycles. The molecule has 2 amide bonds. The lowest BCUT2D eigenvalue weighted by atomic mass is 9.95. The number of halogens is 1. The van der Waals surface area contributed by atoms with Gasteiger partial charge in [-0.3, -0.25) is 14.5 Å². The lowest BCUT2D eigenvalue weighted by Gasteiger charge is -2.40. The highest BCUT2D eigenvalue weighted by molar-refractivity contribution is 6.30. The predicted octanol–water partition coefficient (Wildman–Crippen LogP) is 2.72. The summed E-state index contributed by atoms with van der Waals surface area (Å²) in [4.78, 5) is 29.9. The second kappa shape index (κ2) is 11.3. The fourth-order valence-corrected chi connectivity index (χ4v) is 5.22. The number of nitrogens with one attached hydrogen (secondary N) is 1. The van der Waals surface area contributed by atoms with Crippen LogP contribution in [0.2, 0.25) is 5.02 Å². The third-order valence-corrected chi connectivity index (χ3v) is 7.13. The summed E-state index contributed by atoms with van der Waals surface area (Å²) in [5.74, 6) is 1.12. The molecule has 2 saturated heterocycles. The maximum Gasteiger partial charge on any atom is 0.260 e. The molecule has 4 rings (SSSR count). The van der Waals surface area contributed by atoms with Gasteiger partial charge in [-0.1, -0.05) is 24.4 Å². The van der Waals surface area contributed by atoms with Crippen molar-refractivity contribution < 1.29 is 19.1 Å².